The highest BCUT2D eigenvalue weighted by Gasteiger charge is 2.55. The fraction of sp³-hybridized carbons (Fsp3) is 0.500. The van der Waals surface area contributed by atoms with E-state index in [2.05, 4.69) is 0 Å². The molecule has 5 atom stereocenters. The van der Waals surface area contributed by atoms with Gasteiger partial charge in [-0.3, -0.25) is 0 Å². The molecule has 0 heterocycles. The van der Waals surface area contributed by atoms with Gasteiger partial charge in [0.2, 0.25) is 0 Å². The van der Waals surface area contributed by atoms with Crippen LogP contribution in [0.2, 0.25) is 0 Å². The lowest BCUT2D eigenvalue weighted by Gasteiger charge is -2.29. The number of halogens is 6. The number of aliphatic hydroxyl groups excluding tert-OH is 1. The zero-order valence-corrected chi connectivity index (χ0v) is 10.8. The lowest BCUT2D eigenvalue weighted by molar-refractivity contribution is 0.164. The van der Waals surface area contributed by atoms with Crippen molar-refractivity contribution in [3.8, 4) is 0 Å². The molecule has 3 rings (SSSR count). The second kappa shape index (κ2) is 4.24. The van der Waals surface area contributed by atoms with Crippen LogP contribution in [0.4, 0.5) is 17.6 Å². The molecule has 1 fully saturated rings. The highest BCUT2D eigenvalue weighted by molar-refractivity contribution is 6.26. The molecule has 0 amide bonds. The summed E-state index contributed by atoms with van der Waals surface area (Å²) in [5.41, 5.74) is -0.659. The number of aliphatic hydroxyl groups is 1. The van der Waals surface area contributed by atoms with Crippen molar-refractivity contribution in [3.63, 3.8) is 0 Å². The molecule has 0 aromatic heterocycles. The molecule has 104 valence electrons. The fourth-order valence-electron chi connectivity index (χ4n) is 3.11. The number of rotatable bonds is 0. The second-order valence-electron chi connectivity index (χ2n) is 4.92. The lowest BCUT2D eigenvalue weighted by atomic mass is 9.81. The van der Waals surface area contributed by atoms with E-state index in [9.17, 15) is 22.7 Å². The number of hydrogen-bond donors (Lipinski definition) is 1. The van der Waals surface area contributed by atoms with E-state index in [-0.39, 0.29) is 17.5 Å². The Kier molecular flexibility index (Phi) is 3.00. The lowest BCUT2D eigenvalue weighted by Crippen LogP contribution is -2.29. The first-order chi connectivity index (χ1) is 8.86. The molecule has 19 heavy (non-hydrogen) atoms. The van der Waals surface area contributed by atoms with Gasteiger partial charge in [-0.25, -0.2) is 17.6 Å². The van der Waals surface area contributed by atoms with Crippen LogP contribution < -0.4 is 0 Å². The van der Waals surface area contributed by atoms with Crippen LogP contribution >= 0.6 is 23.2 Å². The third-order valence-corrected chi connectivity index (χ3v) is 5.21. The van der Waals surface area contributed by atoms with E-state index in [1.165, 1.54) is 0 Å². The molecule has 1 aromatic rings. The van der Waals surface area contributed by atoms with E-state index in [4.69, 9.17) is 23.2 Å². The maximum absolute atomic E-state index is 13.9. The first kappa shape index (κ1) is 13.5. The van der Waals surface area contributed by atoms with Crippen molar-refractivity contribution in [2.75, 3.05) is 0 Å². The predicted molar refractivity (Wildman–Crippen MR) is 61.5 cm³/mol. The van der Waals surface area contributed by atoms with Crippen LogP contribution in [0.5, 0.6) is 0 Å². The summed E-state index contributed by atoms with van der Waals surface area (Å²) in [5, 5.41) is 8.41. The zero-order valence-electron chi connectivity index (χ0n) is 9.31. The van der Waals surface area contributed by atoms with Crippen LogP contribution in [-0.4, -0.2) is 22.0 Å². The molecule has 2 bridgehead atoms. The summed E-state index contributed by atoms with van der Waals surface area (Å²) < 4.78 is 54.1. The van der Waals surface area contributed by atoms with Gasteiger partial charge in [0.15, 0.2) is 23.3 Å². The number of fused-ring (bicyclic) bond motifs is 4. The number of hydrogen-bond acceptors (Lipinski definition) is 1. The molecule has 0 aliphatic heterocycles. The second-order valence-corrected chi connectivity index (χ2v) is 5.93. The largest absolute Gasteiger partial charge is 0.391 e. The normalized spacial score (nSPS) is 36.5. The van der Waals surface area contributed by atoms with Gasteiger partial charge in [-0.05, 0) is 17.9 Å². The summed E-state index contributed by atoms with van der Waals surface area (Å²) >= 11 is 12.0. The number of alkyl halides is 2. The van der Waals surface area contributed by atoms with Crippen LogP contribution in [0.3, 0.4) is 0 Å². The van der Waals surface area contributed by atoms with Crippen LogP contribution in [0.15, 0.2) is 0 Å². The van der Waals surface area contributed by atoms with Crippen molar-refractivity contribution in [2.45, 2.75) is 29.2 Å². The van der Waals surface area contributed by atoms with E-state index >= 15 is 0 Å². The molecule has 0 spiro atoms. The minimum atomic E-state index is -1.89. The topological polar surface area (TPSA) is 20.2 Å². The third-order valence-electron chi connectivity index (χ3n) is 4.03. The van der Waals surface area contributed by atoms with Gasteiger partial charge < -0.3 is 5.11 Å². The molecule has 1 N–H and O–H groups in total. The van der Waals surface area contributed by atoms with Gasteiger partial charge in [0.1, 0.15) is 0 Å². The molecular formula is C12H8Cl2F4O. The Balaban J connectivity index is 2.29. The highest BCUT2D eigenvalue weighted by atomic mass is 35.5. The van der Waals surface area contributed by atoms with E-state index < -0.39 is 52.0 Å². The minimum Gasteiger partial charge on any atom is -0.391 e. The van der Waals surface area contributed by atoms with Gasteiger partial charge in [0.25, 0.3) is 0 Å². The average Bonchev–Trinajstić information content (AvgIpc) is 2.53. The van der Waals surface area contributed by atoms with E-state index in [1.54, 1.807) is 0 Å². The smallest absolute Gasteiger partial charge is 0.197 e. The maximum atomic E-state index is 13.9. The Morgan fingerprint density at radius 2 is 1.47 bits per heavy atom. The van der Waals surface area contributed by atoms with Gasteiger partial charge in [0, 0.05) is 16.9 Å². The molecule has 7 heteroatoms. The van der Waals surface area contributed by atoms with Crippen molar-refractivity contribution in [3.05, 3.63) is 34.4 Å². The molecule has 1 unspecified atom stereocenters. The van der Waals surface area contributed by atoms with E-state index in [0.29, 0.717) is 0 Å². The van der Waals surface area contributed by atoms with Gasteiger partial charge in [0.05, 0.1) is 11.5 Å². The highest BCUT2D eigenvalue weighted by Crippen LogP contribution is 2.52. The summed E-state index contributed by atoms with van der Waals surface area (Å²) in [6.07, 6.45) is -1.33. The maximum Gasteiger partial charge on any atom is 0.197 e. The monoisotopic (exact) mass is 314 g/mol. The van der Waals surface area contributed by atoms with E-state index in [0.717, 1.165) is 0 Å². The Morgan fingerprint density at radius 3 is 2.11 bits per heavy atom. The van der Waals surface area contributed by atoms with Crippen molar-refractivity contribution in [1.29, 1.82) is 0 Å². The Hall–Kier alpha value is -0.520. The van der Waals surface area contributed by atoms with Gasteiger partial charge in [-0.15, -0.1) is 23.2 Å². The SMILES string of the molecule is O[C@@H]1[C@@H](Cl)[C@H]2Cc3c(F)c(F)c(F)c(F)c3[C@@H]1C2Cl. The number of benzene rings is 1. The summed E-state index contributed by atoms with van der Waals surface area (Å²) in [6.45, 7) is 0. The molecule has 2 aliphatic carbocycles. The quantitative estimate of drug-likeness (QED) is 0.338. The molecule has 2 aliphatic rings. The molecular weight excluding hydrogens is 307 g/mol. The summed E-state index contributed by atoms with van der Waals surface area (Å²) in [4.78, 5) is 0. The molecule has 0 radical (unpaired) electrons. The Bertz CT molecular complexity index is 561. The van der Waals surface area contributed by atoms with Crippen LogP contribution in [0.25, 0.3) is 0 Å². The Labute approximate surface area is 116 Å². The minimum absolute atomic E-state index is 0.120. The third kappa shape index (κ3) is 1.58. The molecule has 1 saturated carbocycles. The Morgan fingerprint density at radius 1 is 0.895 bits per heavy atom. The first-order valence-corrected chi connectivity index (χ1v) is 6.54. The summed E-state index contributed by atoms with van der Waals surface area (Å²) in [5.74, 6) is -8.18. The molecule has 1 nitrogen and oxygen atoms in total. The van der Waals surface area contributed by atoms with Gasteiger partial charge in [-0.1, -0.05) is 0 Å². The average molecular weight is 315 g/mol. The predicted octanol–water partition coefficient (Wildman–Crippen LogP) is 3.09. The fourth-order valence-corrected chi connectivity index (χ4v) is 4.11. The first-order valence-electron chi connectivity index (χ1n) is 5.67. The van der Waals surface area contributed by atoms with E-state index in [1.807, 2.05) is 0 Å². The molecule has 0 saturated heterocycles. The van der Waals surface area contributed by atoms with Gasteiger partial charge in [-0.2, -0.15) is 0 Å². The van der Waals surface area contributed by atoms with Gasteiger partial charge >= 0.3 is 0 Å². The van der Waals surface area contributed by atoms with Crippen molar-refractivity contribution < 1.29 is 22.7 Å². The standard InChI is InChI=1S/C12H8Cl2F4O/c13-6-3-1-2-4(5(6)12(19)7(3)14)9(16)11(18)10(17)8(2)15/h3,5-7,12,19H,1H2/t3-,5+,6?,7-,12-/m0/s1. The zero-order chi connectivity index (χ0) is 14.1. The van der Waals surface area contributed by atoms with Crippen LogP contribution in [0.1, 0.15) is 17.0 Å². The van der Waals surface area contributed by atoms with Crippen molar-refractivity contribution in [1.82, 2.24) is 0 Å². The van der Waals surface area contributed by atoms with Crippen LogP contribution in [-0.2, 0) is 6.42 Å². The van der Waals surface area contributed by atoms with Crippen molar-refractivity contribution >= 4 is 23.2 Å². The summed E-state index contributed by atoms with van der Waals surface area (Å²) in [6, 6.07) is 0. The molecule has 1 aromatic carbocycles. The van der Waals surface area contributed by atoms with Crippen LogP contribution in [0, 0.1) is 29.2 Å². The summed E-state index contributed by atoms with van der Waals surface area (Å²) in [7, 11) is 0. The van der Waals surface area contributed by atoms with Crippen molar-refractivity contribution in [2.24, 2.45) is 5.92 Å².